The summed E-state index contributed by atoms with van der Waals surface area (Å²) < 4.78 is 13.8. The Morgan fingerprint density at radius 1 is 1.18 bits per heavy atom. The van der Waals surface area contributed by atoms with E-state index in [2.05, 4.69) is 0 Å². The molecule has 2 heterocycles. The summed E-state index contributed by atoms with van der Waals surface area (Å²) in [5.41, 5.74) is -0.231. The first-order valence-corrected chi connectivity index (χ1v) is 6.80. The summed E-state index contributed by atoms with van der Waals surface area (Å²) in [5.74, 6) is -0.553. The Morgan fingerprint density at radius 2 is 1.86 bits per heavy atom. The molecule has 120 valence electrons. The zero-order chi connectivity index (χ0) is 16.4. The first-order valence-electron chi connectivity index (χ1n) is 6.80. The van der Waals surface area contributed by atoms with Gasteiger partial charge in [-0.25, -0.2) is 9.59 Å². The van der Waals surface area contributed by atoms with Crippen LogP contribution in [0.25, 0.3) is 11.0 Å². The molecule has 0 bridgehead atoms. The molecule has 0 atom stereocenters. The van der Waals surface area contributed by atoms with Crippen LogP contribution in [0.1, 0.15) is 16.9 Å². The minimum Gasteiger partial charge on any atom is -0.464 e. The van der Waals surface area contributed by atoms with Crippen molar-refractivity contribution in [1.82, 2.24) is 13.7 Å². The van der Waals surface area contributed by atoms with Crippen LogP contribution >= 0.6 is 0 Å². The van der Waals surface area contributed by atoms with Gasteiger partial charge in [0.15, 0.2) is 0 Å². The number of hydrogen-bond donors (Lipinski definition) is 0. The van der Waals surface area contributed by atoms with Crippen molar-refractivity contribution in [2.24, 2.45) is 14.1 Å². The second-order valence-corrected chi connectivity index (χ2v) is 4.96. The van der Waals surface area contributed by atoms with Gasteiger partial charge in [0.05, 0.1) is 12.5 Å². The third kappa shape index (κ3) is 2.45. The summed E-state index contributed by atoms with van der Waals surface area (Å²) in [4.78, 5) is 36.3. The van der Waals surface area contributed by atoms with Gasteiger partial charge in [-0.05, 0) is 12.5 Å². The predicted molar refractivity (Wildman–Crippen MR) is 80.3 cm³/mol. The molecule has 0 aliphatic rings. The number of hydrogen-bond acceptors (Lipinski definition) is 5. The van der Waals surface area contributed by atoms with Gasteiger partial charge in [-0.15, -0.1) is 0 Å². The molecule has 2 aromatic rings. The molecule has 0 aliphatic carbocycles. The van der Waals surface area contributed by atoms with Crippen LogP contribution in [-0.4, -0.2) is 40.5 Å². The third-order valence-corrected chi connectivity index (χ3v) is 3.62. The van der Waals surface area contributed by atoms with Gasteiger partial charge in [-0.1, -0.05) is 0 Å². The Kier molecular flexibility index (Phi) is 4.51. The maximum atomic E-state index is 12.3. The Labute approximate surface area is 126 Å². The maximum absolute atomic E-state index is 12.3. The molecule has 0 fully saturated rings. The quantitative estimate of drug-likeness (QED) is 0.567. The van der Waals surface area contributed by atoms with Crippen molar-refractivity contribution >= 4 is 17.0 Å². The molecule has 2 aromatic heterocycles. The van der Waals surface area contributed by atoms with E-state index < -0.39 is 17.2 Å². The van der Waals surface area contributed by atoms with Crippen LogP contribution in [0.5, 0.6) is 0 Å². The number of carbonyl (C=O) groups excluding carboxylic acids is 1. The van der Waals surface area contributed by atoms with Crippen molar-refractivity contribution in [3.8, 4) is 0 Å². The van der Waals surface area contributed by atoms with Crippen molar-refractivity contribution in [3.63, 3.8) is 0 Å². The highest BCUT2D eigenvalue weighted by Gasteiger charge is 2.21. The van der Waals surface area contributed by atoms with Gasteiger partial charge < -0.3 is 14.0 Å². The van der Waals surface area contributed by atoms with E-state index in [1.165, 1.54) is 24.8 Å². The van der Waals surface area contributed by atoms with Crippen molar-refractivity contribution in [2.45, 2.75) is 13.0 Å². The summed E-state index contributed by atoms with van der Waals surface area (Å²) >= 11 is 0. The second-order valence-electron chi connectivity index (χ2n) is 4.96. The fraction of sp³-hybridized carbons (Fsp3) is 0.500. The number of esters is 1. The number of carbonyl (C=O) groups is 1. The largest absolute Gasteiger partial charge is 0.464 e. The maximum Gasteiger partial charge on any atom is 0.354 e. The van der Waals surface area contributed by atoms with Crippen molar-refractivity contribution < 1.29 is 14.3 Å². The Bertz CT molecular complexity index is 828. The minimum absolute atomic E-state index is 0.243. The summed E-state index contributed by atoms with van der Waals surface area (Å²) in [6, 6.07) is 1.47. The topological polar surface area (TPSA) is 84.5 Å². The minimum atomic E-state index is -0.553. The van der Waals surface area contributed by atoms with E-state index >= 15 is 0 Å². The lowest BCUT2D eigenvalue weighted by Gasteiger charge is -2.11. The van der Waals surface area contributed by atoms with Gasteiger partial charge >= 0.3 is 11.7 Å². The number of aromatic nitrogens is 3. The van der Waals surface area contributed by atoms with E-state index in [0.29, 0.717) is 30.6 Å². The second kappa shape index (κ2) is 6.18. The number of fused-ring (bicyclic) bond motifs is 1. The molecule has 2 rings (SSSR count). The van der Waals surface area contributed by atoms with Crippen LogP contribution in [-0.2, 0) is 30.1 Å². The van der Waals surface area contributed by atoms with E-state index in [1.807, 2.05) is 0 Å². The lowest BCUT2D eigenvalue weighted by Crippen LogP contribution is -2.37. The molecule has 0 saturated heterocycles. The van der Waals surface area contributed by atoms with Gasteiger partial charge in [0.25, 0.3) is 5.56 Å². The molecular formula is C14H19N3O5. The van der Waals surface area contributed by atoms with Gasteiger partial charge in [0.2, 0.25) is 0 Å². The van der Waals surface area contributed by atoms with Gasteiger partial charge in [0.1, 0.15) is 11.3 Å². The molecule has 0 unspecified atom stereocenters. The van der Waals surface area contributed by atoms with E-state index in [1.54, 1.807) is 18.7 Å². The van der Waals surface area contributed by atoms with E-state index in [0.717, 1.165) is 4.57 Å². The zero-order valence-electron chi connectivity index (χ0n) is 13.1. The van der Waals surface area contributed by atoms with Crippen LogP contribution in [0.15, 0.2) is 15.7 Å². The summed E-state index contributed by atoms with van der Waals surface area (Å²) in [5, 5.41) is 0.308. The van der Waals surface area contributed by atoms with Crippen LogP contribution in [0.4, 0.5) is 0 Å². The number of ether oxygens (including phenoxy) is 2. The Hall–Kier alpha value is -2.35. The average Bonchev–Trinajstić information content (AvgIpc) is 2.90. The number of aryl methyl sites for hydroxylation is 2. The van der Waals surface area contributed by atoms with E-state index in [4.69, 9.17) is 9.47 Å². The lowest BCUT2D eigenvalue weighted by molar-refractivity contribution is 0.0588. The summed E-state index contributed by atoms with van der Waals surface area (Å²) in [6.07, 6.45) is 0.633. The molecule has 0 radical (unpaired) electrons. The van der Waals surface area contributed by atoms with Crippen molar-refractivity contribution in [2.75, 3.05) is 20.8 Å². The Morgan fingerprint density at radius 3 is 2.45 bits per heavy atom. The molecule has 0 aliphatic heterocycles. The molecular weight excluding hydrogens is 290 g/mol. The first-order chi connectivity index (χ1) is 10.4. The highest BCUT2D eigenvalue weighted by Crippen LogP contribution is 2.17. The standard InChI is InChI=1S/C14H19N3O5/c1-15-11-9(12(18)16(2)14(15)20)8-10(13(19)22-4)17(11)6-5-7-21-3/h8H,5-7H2,1-4H3. The normalized spacial score (nSPS) is 11.1. The van der Waals surface area contributed by atoms with E-state index in [9.17, 15) is 14.4 Å². The fourth-order valence-electron chi connectivity index (χ4n) is 2.51. The molecule has 0 N–H and O–H groups in total. The van der Waals surface area contributed by atoms with Crippen LogP contribution in [0.3, 0.4) is 0 Å². The number of rotatable bonds is 5. The van der Waals surface area contributed by atoms with Crippen molar-refractivity contribution in [3.05, 3.63) is 32.6 Å². The van der Waals surface area contributed by atoms with Gasteiger partial charge in [-0.2, -0.15) is 0 Å². The monoisotopic (exact) mass is 309 g/mol. The molecule has 0 aromatic carbocycles. The third-order valence-electron chi connectivity index (χ3n) is 3.62. The van der Waals surface area contributed by atoms with Crippen LogP contribution in [0, 0.1) is 0 Å². The summed E-state index contributed by atoms with van der Waals surface area (Å²) in [7, 11) is 5.83. The molecule has 0 amide bonds. The number of methoxy groups -OCH3 is 2. The smallest absolute Gasteiger partial charge is 0.354 e. The molecule has 0 saturated carbocycles. The summed E-state index contributed by atoms with van der Waals surface area (Å²) in [6.45, 7) is 0.932. The predicted octanol–water partition coefficient (Wildman–Crippen LogP) is -0.138. The first kappa shape index (κ1) is 16.0. The van der Waals surface area contributed by atoms with E-state index in [-0.39, 0.29) is 5.69 Å². The van der Waals surface area contributed by atoms with Crippen molar-refractivity contribution in [1.29, 1.82) is 0 Å². The van der Waals surface area contributed by atoms with Gasteiger partial charge in [0, 0.05) is 34.4 Å². The molecule has 8 nitrogen and oxygen atoms in total. The molecule has 8 heteroatoms. The SMILES string of the molecule is COCCCn1c(C(=O)OC)cc2c(=O)n(C)c(=O)n(C)c21. The van der Waals surface area contributed by atoms with Crippen LogP contribution < -0.4 is 11.2 Å². The van der Waals surface area contributed by atoms with Crippen LogP contribution in [0.2, 0.25) is 0 Å². The van der Waals surface area contributed by atoms with Gasteiger partial charge in [-0.3, -0.25) is 13.9 Å². The molecule has 0 spiro atoms. The lowest BCUT2D eigenvalue weighted by atomic mass is 10.3. The molecule has 22 heavy (non-hydrogen) atoms. The Balaban J connectivity index is 2.79. The fourth-order valence-corrected chi connectivity index (χ4v) is 2.51. The highest BCUT2D eigenvalue weighted by molar-refractivity contribution is 5.94. The average molecular weight is 309 g/mol. The number of nitrogens with zero attached hydrogens (tertiary/aromatic N) is 3. The zero-order valence-corrected chi connectivity index (χ0v) is 13.1. The highest BCUT2D eigenvalue weighted by atomic mass is 16.5.